The third-order valence-electron chi connectivity index (χ3n) is 12.1. The molecule has 0 amide bonds. The molecular weight excluding hydrogens is 484 g/mol. The zero-order valence-electron chi connectivity index (χ0n) is 27.0. The largest absolute Gasteiger partial charge is 0.198 e. The average Bonchev–Trinajstić information content (AvgIpc) is 3.00. The highest BCUT2D eigenvalue weighted by molar-refractivity contribution is 5.10. The summed E-state index contributed by atoms with van der Waals surface area (Å²) in [6.45, 7) is 4.60. The summed E-state index contributed by atoms with van der Waals surface area (Å²) in [5.74, 6) is 3.63. The first kappa shape index (κ1) is 33.5. The number of hydrogen-bond donors (Lipinski definition) is 0. The van der Waals surface area contributed by atoms with Gasteiger partial charge in [0.2, 0.25) is 0 Å². The second kappa shape index (κ2) is 18.5. The van der Waals surface area contributed by atoms with Gasteiger partial charge >= 0.3 is 0 Å². The predicted molar refractivity (Wildman–Crippen MR) is 171 cm³/mol. The van der Waals surface area contributed by atoms with E-state index in [0.717, 1.165) is 62.2 Å². The standard InChI is InChI=1S/C38H66N2/c1-3-5-7-9-11-13-33-15-19-35(20-16-33)23-25-37(31-39)27-29-38(32-40,30-28-37)26-24-36-21-17-34(18-22-36)14-12-10-8-6-4-2/h33-36H,3-30H2,1-2H3/t33-,34-,35-,36-,37-,38-. The highest BCUT2D eigenvalue weighted by Crippen LogP contribution is 2.51. The Morgan fingerprint density at radius 2 is 0.750 bits per heavy atom. The molecule has 0 aromatic carbocycles. The van der Waals surface area contributed by atoms with E-state index in [1.165, 1.54) is 141 Å². The van der Waals surface area contributed by atoms with Crippen LogP contribution in [-0.2, 0) is 0 Å². The fourth-order valence-electron chi connectivity index (χ4n) is 8.69. The molecule has 0 aromatic rings. The van der Waals surface area contributed by atoms with Gasteiger partial charge < -0.3 is 0 Å². The normalized spacial score (nSPS) is 32.8. The Hall–Kier alpha value is -1.02. The number of nitriles is 2. The first-order valence-electron chi connectivity index (χ1n) is 18.4. The van der Waals surface area contributed by atoms with Gasteiger partial charge in [-0.3, -0.25) is 0 Å². The number of rotatable bonds is 18. The molecule has 0 unspecified atom stereocenters. The highest BCUT2D eigenvalue weighted by atomic mass is 14.5. The zero-order valence-corrected chi connectivity index (χ0v) is 27.0. The summed E-state index contributed by atoms with van der Waals surface area (Å²) in [5, 5.41) is 20.5. The molecular formula is C38H66N2. The van der Waals surface area contributed by atoms with Crippen molar-refractivity contribution in [2.75, 3.05) is 0 Å². The monoisotopic (exact) mass is 551 g/mol. The van der Waals surface area contributed by atoms with Crippen LogP contribution in [0.25, 0.3) is 0 Å². The van der Waals surface area contributed by atoms with Crippen LogP contribution in [-0.4, -0.2) is 0 Å². The molecule has 0 aliphatic heterocycles. The van der Waals surface area contributed by atoms with Crippen molar-refractivity contribution < 1.29 is 0 Å². The van der Waals surface area contributed by atoms with Crippen LogP contribution in [0.15, 0.2) is 0 Å². The summed E-state index contributed by atoms with van der Waals surface area (Å²) in [6.07, 6.45) is 36.8. The summed E-state index contributed by atoms with van der Waals surface area (Å²) in [7, 11) is 0. The molecule has 0 atom stereocenters. The van der Waals surface area contributed by atoms with Gasteiger partial charge in [0.1, 0.15) is 0 Å². The van der Waals surface area contributed by atoms with E-state index >= 15 is 0 Å². The lowest BCUT2D eigenvalue weighted by atomic mass is 9.60. The smallest absolute Gasteiger partial charge is 0.0689 e. The summed E-state index contributed by atoms with van der Waals surface area (Å²) >= 11 is 0. The minimum Gasteiger partial charge on any atom is -0.198 e. The Balaban J connectivity index is 1.31. The first-order chi connectivity index (χ1) is 19.6. The lowest BCUT2D eigenvalue weighted by Gasteiger charge is -2.41. The van der Waals surface area contributed by atoms with Gasteiger partial charge in [-0.25, -0.2) is 0 Å². The van der Waals surface area contributed by atoms with Gasteiger partial charge in [-0.2, -0.15) is 10.5 Å². The summed E-state index contributed by atoms with van der Waals surface area (Å²) in [6, 6.07) is 5.60. The van der Waals surface area contributed by atoms with E-state index < -0.39 is 0 Å². The summed E-state index contributed by atoms with van der Waals surface area (Å²) in [4.78, 5) is 0. The number of nitrogens with zero attached hydrogens (tertiary/aromatic N) is 2. The van der Waals surface area contributed by atoms with E-state index in [2.05, 4.69) is 26.0 Å². The van der Waals surface area contributed by atoms with E-state index in [4.69, 9.17) is 0 Å². The van der Waals surface area contributed by atoms with Crippen LogP contribution < -0.4 is 0 Å². The molecule has 0 N–H and O–H groups in total. The van der Waals surface area contributed by atoms with Crippen LogP contribution in [0.2, 0.25) is 0 Å². The van der Waals surface area contributed by atoms with Gasteiger partial charge in [0.25, 0.3) is 0 Å². The maximum Gasteiger partial charge on any atom is 0.0689 e. The summed E-state index contributed by atoms with van der Waals surface area (Å²) in [5.41, 5.74) is -0.294. The molecule has 0 saturated heterocycles. The van der Waals surface area contributed by atoms with Crippen LogP contribution in [0.5, 0.6) is 0 Å². The van der Waals surface area contributed by atoms with Crippen LogP contribution in [0.3, 0.4) is 0 Å². The maximum absolute atomic E-state index is 10.2. The highest BCUT2D eigenvalue weighted by Gasteiger charge is 2.43. The fourth-order valence-corrected chi connectivity index (χ4v) is 8.69. The molecule has 2 heteroatoms. The van der Waals surface area contributed by atoms with Gasteiger partial charge in [-0.15, -0.1) is 0 Å². The van der Waals surface area contributed by atoms with Crippen LogP contribution in [0.1, 0.15) is 194 Å². The van der Waals surface area contributed by atoms with Crippen molar-refractivity contribution >= 4 is 0 Å². The van der Waals surface area contributed by atoms with E-state index in [9.17, 15) is 10.5 Å². The van der Waals surface area contributed by atoms with Gasteiger partial charge in [0, 0.05) is 0 Å². The quantitative estimate of drug-likeness (QED) is 0.159. The second-order valence-corrected chi connectivity index (χ2v) is 15.0. The van der Waals surface area contributed by atoms with Gasteiger partial charge in [-0.1, -0.05) is 142 Å². The molecule has 3 saturated carbocycles. The van der Waals surface area contributed by atoms with Crippen molar-refractivity contribution in [3.05, 3.63) is 0 Å². The molecule has 0 heterocycles. The van der Waals surface area contributed by atoms with Crippen molar-refractivity contribution in [2.45, 2.75) is 194 Å². The van der Waals surface area contributed by atoms with Crippen molar-refractivity contribution in [3.63, 3.8) is 0 Å². The minimum absolute atomic E-state index is 0.147. The number of unbranched alkanes of at least 4 members (excludes halogenated alkanes) is 8. The zero-order chi connectivity index (χ0) is 28.5. The molecule has 0 radical (unpaired) electrons. The molecule has 0 bridgehead atoms. The Kier molecular flexibility index (Phi) is 15.5. The molecule has 0 aromatic heterocycles. The van der Waals surface area contributed by atoms with Crippen molar-refractivity contribution in [3.8, 4) is 12.1 Å². The molecule has 2 nitrogen and oxygen atoms in total. The number of hydrogen-bond acceptors (Lipinski definition) is 2. The van der Waals surface area contributed by atoms with Crippen LogP contribution in [0.4, 0.5) is 0 Å². The Bertz CT molecular complexity index is 668. The van der Waals surface area contributed by atoms with E-state index in [1.807, 2.05) is 0 Å². The predicted octanol–water partition coefficient (Wildman–Crippen LogP) is 12.5. The average molecular weight is 551 g/mol. The summed E-state index contributed by atoms with van der Waals surface area (Å²) < 4.78 is 0. The SMILES string of the molecule is CCCCCCC[C@H]1CC[C@H](CC[C@]2(C#N)CC[C@@](C#N)(CC[C@H]3CC[C@H](CCCCCCC)CC3)CC2)CC1. The second-order valence-electron chi connectivity index (χ2n) is 15.0. The molecule has 3 fully saturated rings. The van der Waals surface area contributed by atoms with Crippen LogP contribution >= 0.6 is 0 Å². The third kappa shape index (κ3) is 11.3. The van der Waals surface area contributed by atoms with E-state index in [-0.39, 0.29) is 10.8 Å². The Labute approximate surface area is 250 Å². The van der Waals surface area contributed by atoms with Gasteiger partial charge in [0.15, 0.2) is 0 Å². The van der Waals surface area contributed by atoms with Crippen molar-refractivity contribution in [2.24, 2.45) is 34.5 Å². The lowest BCUT2D eigenvalue weighted by molar-refractivity contribution is 0.119. The topological polar surface area (TPSA) is 47.6 Å². The fraction of sp³-hybridized carbons (Fsp3) is 0.947. The molecule has 0 spiro atoms. The van der Waals surface area contributed by atoms with Gasteiger partial charge in [-0.05, 0) is 75.0 Å². The molecule has 40 heavy (non-hydrogen) atoms. The molecule has 3 aliphatic rings. The maximum atomic E-state index is 10.2. The van der Waals surface area contributed by atoms with Crippen LogP contribution in [0, 0.1) is 57.2 Å². The molecule has 3 aliphatic carbocycles. The molecule has 228 valence electrons. The third-order valence-corrected chi connectivity index (χ3v) is 12.1. The van der Waals surface area contributed by atoms with E-state index in [0.29, 0.717) is 0 Å². The first-order valence-corrected chi connectivity index (χ1v) is 18.4. The lowest BCUT2D eigenvalue weighted by Crippen LogP contribution is -2.34. The van der Waals surface area contributed by atoms with E-state index in [1.54, 1.807) is 0 Å². The van der Waals surface area contributed by atoms with Crippen molar-refractivity contribution in [1.82, 2.24) is 0 Å². The van der Waals surface area contributed by atoms with Crippen molar-refractivity contribution in [1.29, 1.82) is 10.5 Å². The van der Waals surface area contributed by atoms with Gasteiger partial charge in [0.05, 0.1) is 23.0 Å². The Morgan fingerprint density at radius 3 is 1.05 bits per heavy atom. The minimum atomic E-state index is -0.147. The Morgan fingerprint density at radius 1 is 0.450 bits per heavy atom. The molecule has 3 rings (SSSR count).